The molecule has 1 aliphatic heterocycles. The van der Waals surface area contributed by atoms with Crippen LogP contribution in [-0.4, -0.2) is 70.6 Å². The van der Waals surface area contributed by atoms with Gasteiger partial charge >= 0.3 is 0 Å². The predicted octanol–water partition coefficient (Wildman–Crippen LogP) is 4.03. The summed E-state index contributed by atoms with van der Waals surface area (Å²) in [5.74, 6) is -0.0868. The van der Waals surface area contributed by atoms with E-state index in [9.17, 15) is 14.7 Å². The lowest BCUT2D eigenvalue weighted by molar-refractivity contribution is 0.0313. The van der Waals surface area contributed by atoms with Crippen molar-refractivity contribution in [1.29, 1.82) is 0 Å². The first-order chi connectivity index (χ1) is 16.9. The zero-order valence-electron chi connectivity index (χ0n) is 20.8. The average molecular weight is 478 g/mol. The number of amides is 2. The summed E-state index contributed by atoms with van der Waals surface area (Å²) in [5, 5.41) is 9.87. The Bertz CT molecular complexity index is 1080. The number of rotatable bonds is 6. The maximum Gasteiger partial charge on any atom is 0.259 e. The van der Waals surface area contributed by atoms with Crippen LogP contribution in [0.1, 0.15) is 65.8 Å². The highest BCUT2D eigenvalue weighted by atomic mass is 16.5. The molecule has 2 aliphatic rings. The van der Waals surface area contributed by atoms with E-state index in [1.165, 1.54) is 12.0 Å². The van der Waals surface area contributed by atoms with Gasteiger partial charge in [0.25, 0.3) is 11.8 Å². The highest BCUT2D eigenvalue weighted by Crippen LogP contribution is 2.32. The van der Waals surface area contributed by atoms with E-state index >= 15 is 0 Å². The number of aliphatic hydroxyl groups is 1. The van der Waals surface area contributed by atoms with Gasteiger partial charge in [0, 0.05) is 31.3 Å². The van der Waals surface area contributed by atoms with Gasteiger partial charge in [-0.25, -0.2) is 4.98 Å². The van der Waals surface area contributed by atoms with Crippen molar-refractivity contribution < 1.29 is 19.4 Å². The second-order valence-corrected chi connectivity index (χ2v) is 9.73. The molecule has 0 spiro atoms. The number of allylic oxidation sites excluding steroid dienone is 2. The minimum atomic E-state index is -0.375. The van der Waals surface area contributed by atoms with Crippen molar-refractivity contribution in [3.05, 3.63) is 65.4 Å². The van der Waals surface area contributed by atoms with Crippen LogP contribution in [0.25, 0.3) is 5.57 Å². The number of hydrogen-bond donors (Lipinski definition) is 1. The second-order valence-electron chi connectivity index (χ2n) is 9.73. The van der Waals surface area contributed by atoms with E-state index in [4.69, 9.17) is 4.74 Å². The third kappa shape index (κ3) is 5.56. The van der Waals surface area contributed by atoms with Gasteiger partial charge < -0.3 is 19.6 Å². The number of benzene rings is 1. The number of fused-ring (bicyclic) bond motifs is 1. The number of pyridine rings is 1. The van der Waals surface area contributed by atoms with Crippen LogP contribution in [-0.2, 0) is 0 Å². The molecule has 4 rings (SSSR count). The summed E-state index contributed by atoms with van der Waals surface area (Å²) < 4.78 is 6.35. The second kappa shape index (κ2) is 11.0. The van der Waals surface area contributed by atoms with Gasteiger partial charge in [-0.3, -0.25) is 9.59 Å². The van der Waals surface area contributed by atoms with Gasteiger partial charge in [-0.1, -0.05) is 31.2 Å². The molecule has 2 heterocycles. The molecule has 7 heteroatoms. The topological polar surface area (TPSA) is 83.0 Å². The standard InChI is InChI=1S/C28H35N3O4/c1-19-16-31(20(2)18-32)28(34)24-14-23(21-10-6-4-7-11-21)15-29-26(24)35-25(19)17-30(3)27(33)22-12-8-5-9-13-22/h5,8-10,12-15,19-20,25,32H,4,6-7,11,16-18H2,1-3H3/t19-,20-,25-/m1/s1. The molecule has 7 nitrogen and oxygen atoms in total. The van der Waals surface area contributed by atoms with Crippen LogP contribution < -0.4 is 4.74 Å². The fraction of sp³-hybridized carbons (Fsp3) is 0.464. The molecule has 0 saturated heterocycles. The zero-order valence-corrected chi connectivity index (χ0v) is 20.8. The summed E-state index contributed by atoms with van der Waals surface area (Å²) in [5.41, 5.74) is 3.17. The molecular weight excluding hydrogens is 442 g/mol. The van der Waals surface area contributed by atoms with E-state index in [1.807, 2.05) is 38.1 Å². The van der Waals surface area contributed by atoms with Gasteiger partial charge in [0.2, 0.25) is 5.88 Å². The molecule has 186 valence electrons. The van der Waals surface area contributed by atoms with Crippen LogP contribution in [0.15, 0.2) is 48.7 Å². The summed E-state index contributed by atoms with van der Waals surface area (Å²) in [7, 11) is 1.76. The van der Waals surface area contributed by atoms with Crippen LogP contribution in [0, 0.1) is 5.92 Å². The summed E-state index contributed by atoms with van der Waals surface area (Å²) in [6, 6.07) is 10.7. The number of nitrogens with zero attached hydrogens (tertiary/aromatic N) is 3. The summed E-state index contributed by atoms with van der Waals surface area (Å²) >= 11 is 0. The Balaban J connectivity index is 1.66. The van der Waals surface area contributed by atoms with Gasteiger partial charge in [-0.15, -0.1) is 0 Å². The maximum atomic E-state index is 13.6. The number of likely N-dealkylation sites (N-methyl/N-ethyl adjacent to an activating group) is 1. The third-order valence-corrected chi connectivity index (χ3v) is 7.00. The zero-order chi connectivity index (χ0) is 24.9. The molecular formula is C28H35N3O4. The minimum Gasteiger partial charge on any atom is -0.472 e. The molecule has 3 atom stereocenters. The maximum absolute atomic E-state index is 13.6. The number of aliphatic hydroxyl groups excluding tert-OH is 1. The first kappa shape index (κ1) is 24.9. The van der Waals surface area contributed by atoms with Gasteiger partial charge in [-0.2, -0.15) is 0 Å². The van der Waals surface area contributed by atoms with Crippen LogP contribution in [0.2, 0.25) is 0 Å². The van der Waals surface area contributed by atoms with Crippen LogP contribution in [0.4, 0.5) is 0 Å². The van der Waals surface area contributed by atoms with E-state index in [0.717, 1.165) is 24.8 Å². The molecule has 0 bridgehead atoms. The summed E-state index contributed by atoms with van der Waals surface area (Å²) in [6.07, 6.45) is 7.95. The van der Waals surface area contributed by atoms with E-state index in [-0.39, 0.29) is 42.4 Å². The van der Waals surface area contributed by atoms with Gasteiger partial charge in [0.1, 0.15) is 11.7 Å². The van der Waals surface area contributed by atoms with Crippen molar-refractivity contribution in [3.63, 3.8) is 0 Å². The monoisotopic (exact) mass is 477 g/mol. The fourth-order valence-corrected chi connectivity index (χ4v) is 4.75. The Morgan fingerprint density at radius 2 is 2.06 bits per heavy atom. The smallest absolute Gasteiger partial charge is 0.259 e. The van der Waals surface area contributed by atoms with Crippen molar-refractivity contribution >= 4 is 17.4 Å². The Morgan fingerprint density at radius 3 is 2.74 bits per heavy atom. The molecule has 1 aromatic heterocycles. The molecule has 2 aromatic rings. The van der Waals surface area contributed by atoms with Crippen molar-refractivity contribution in [2.45, 2.75) is 51.7 Å². The van der Waals surface area contributed by atoms with Crippen LogP contribution in [0.3, 0.4) is 0 Å². The van der Waals surface area contributed by atoms with Crippen molar-refractivity contribution in [1.82, 2.24) is 14.8 Å². The first-order valence-corrected chi connectivity index (χ1v) is 12.5. The van der Waals surface area contributed by atoms with Gasteiger partial charge in [-0.05, 0) is 61.9 Å². The normalized spacial score (nSPS) is 21.2. The van der Waals surface area contributed by atoms with Gasteiger partial charge in [0.15, 0.2) is 0 Å². The third-order valence-electron chi connectivity index (χ3n) is 7.00. The Labute approximate surface area is 207 Å². The number of aromatic nitrogens is 1. The minimum absolute atomic E-state index is 0.0883. The molecule has 1 aromatic carbocycles. The number of carbonyl (C=O) groups is 2. The molecule has 1 aliphatic carbocycles. The molecule has 2 amide bonds. The Morgan fingerprint density at radius 1 is 1.29 bits per heavy atom. The Hall–Kier alpha value is -3.19. The van der Waals surface area contributed by atoms with E-state index in [0.29, 0.717) is 24.2 Å². The number of ether oxygens (including phenoxy) is 1. The predicted molar refractivity (Wildman–Crippen MR) is 135 cm³/mol. The number of hydrogen-bond acceptors (Lipinski definition) is 5. The lowest BCUT2D eigenvalue weighted by atomic mass is 9.93. The van der Waals surface area contributed by atoms with Crippen LogP contribution in [0.5, 0.6) is 5.88 Å². The fourth-order valence-electron chi connectivity index (χ4n) is 4.75. The molecule has 0 saturated carbocycles. The molecule has 1 N–H and O–H groups in total. The van der Waals surface area contributed by atoms with Crippen molar-refractivity contribution in [2.75, 3.05) is 26.7 Å². The highest BCUT2D eigenvalue weighted by Gasteiger charge is 2.35. The quantitative estimate of drug-likeness (QED) is 0.679. The van der Waals surface area contributed by atoms with E-state index in [2.05, 4.69) is 11.1 Å². The lowest BCUT2D eigenvalue weighted by Gasteiger charge is -2.37. The average Bonchev–Trinajstić information content (AvgIpc) is 2.90. The van der Waals surface area contributed by atoms with Crippen LogP contribution >= 0.6 is 0 Å². The largest absolute Gasteiger partial charge is 0.472 e. The highest BCUT2D eigenvalue weighted by molar-refractivity contribution is 5.97. The molecule has 0 radical (unpaired) electrons. The molecule has 0 fully saturated rings. The molecule has 0 unspecified atom stereocenters. The van der Waals surface area contributed by atoms with Crippen molar-refractivity contribution in [3.8, 4) is 5.88 Å². The van der Waals surface area contributed by atoms with E-state index < -0.39 is 0 Å². The SMILES string of the molecule is C[C@@H]1CN([C@H](C)CO)C(=O)c2cc(C3=CCCCC3)cnc2O[C@@H]1CN(C)C(=O)c1ccccc1. The summed E-state index contributed by atoms with van der Waals surface area (Å²) in [6.45, 7) is 4.46. The van der Waals surface area contributed by atoms with Gasteiger partial charge in [0.05, 0.1) is 19.2 Å². The first-order valence-electron chi connectivity index (χ1n) is 12.5. The Kier molecular flexibility index (Phi) is 7.86. The van der Waals surface area contributed by atoms with E-state index in [1.54, 1.807) is 35.2 Å². The summed E-state index contributed by atoms with van der Waals surface area (Å²) in [4.78, 5) is 34.5. The lowest BCUT2D eigenvalue weighted by Crippen LogP contribution is -2.50. The van der Waals surface area contributed by atoms with Crippen molar-refractivity contribution in [2.24, 2.45) is 5.92 Å². The molecule has 35 heavy (non-hydrogen) atoms. The number of carbonyl (C=O) groups excluding carboxylic acids is 2.